The topological polar surface area (TPSA) is 161 Å². The van der Waals surface area contributed by atoms with Crippen molar-refractivity contribution >= 4 is 45.6 Å². The highest BCUT2D eigenvalue weighted by atomic mass is 32.2. The van der Waals surface area contributed by atoms with E-state index in [1.807, 2.05) is 110 Å². The van der Waals surface area contributed by atoms with Crippen LogP contribution in [0.25, 0.3) is 0 Å². The second kappa shape index (κ2) is 18.1. The fourth-order valence-corrected chi connectivity index (χ4v) is 6.35. The number of carbonyl (C=O) groups excluding carboxylic acids is 2. The third-order valence-corrected chi connectivity index (χ3v) is 9.32. The number of hydrogen-bond donors (Lipinski definition) is 2. The molecule has 0 atom stereocenters. The van der Waals surface area contributed by atoms with E-state index in [1.54, 1.807) is 43.8 Å². The molecule has 49 heavy (non-hydrogen) atoms. The van der Waals surface area contributed by atoms with Crippen molar-refractivity contribution in [2.45, 2.75) is 86.0 Å². The normalized spacial score (nSPS) is 11.4. The molecule has 0 fully saturated rings. The molecule has 13 heteroatoms. The smallest absolute Gasteiger partial charge is 0.294 e. The molecule has 4 aromatic rings. The van der Waals surface area contributed by atoms with Crippen molar-refractivity contribution in [2.24, 2.45) is 0 Å². The molecule has 0 saturated heterocycles. The van der Waals surface area contributed by atoms with Crippen LogP contribution < -0.4 is 9.47 Å². The number of carbonyl (C=O) groups is 2. The Labute approximate surface area is 294 Å². The number of rotatable bonds is 7. The molecule has 266 valence electrons. The SMILES string of the molecule is C=O.C=O.Cc1ccc(C(C)(C)C)cc1S(=O)(=O)O.Cc1ccc(Oc2ccc(Sc3ccc(OC(C)(C)C)cc3)cc2)cc1S(=O)(=O)O. The monoisotopic (exact) mass is 732 g/mol. The average Bonchev–Trinajstić information content (AvgIpc) is 3.00. The van der Waals surface area contributed by atoms with Gasteiger partial charge >= 0.3 is 0 Å². The van der Waals surface area contributed by atoms with Gasteiger partial charge in [0.2, 0.25) is 0 Å². The second-order valence-electron chi connectivity index (χ2n) is 12.5. The molecule has 0 bridgehead atoms. The molecule has 4 rings (SSSR count). The Morgan fingerprint density at radius 2 is 0.959 bits per heavy atom. The van der Waals surface area contributed by atoms with E-state index < -0.39 is 20.2 Å². The summed E-state index contributed by atoms with van der Waals surface area (Å²) in [6, 6.07) is 25.1. The van der Waals surface area contributed by atoms with Gasteiger partial charge in [0.05, 0.1) is 4.90 Å². The molecular weight excluding hydrogens is 689 g/mol. The Morgan fingerprint density at radius 1 is 0.571 bits per heavy atom. The molecule has 2 N–H and O–H groups in total. The molecule has 0 heterocycles. The summed E-state index contributed by atoms with van der Waals surface area (Å²) in [5.41, 5.74) is 1.54. The van der Waals surface area contributed by atoms with Gasteiger partial charge in [-0.15, -0.1) is 0 Å². The zero-order chi connectivity index (χ0) is 37.8. The highest BCUT2D eigenvalue weighted by Crippen LogP contribution is 2.33. The number of benzene rings is 4. The van der Waals surface area contributed by atoms with Crippen LogP contribution in [-0.2, 0) is 35.2 Å². The molecular formula is C36H44O10S3. The lowest BCUT2D eigenvalue weighted by Gasteiger charge is -2.21. The maximum Gasteiger partial charge on any atom is 0.294 e. The minimum Gasteiger partial charge on any atom is -0.488 e. The Bertz CT molecular complexity index is 1870. The Hall–Kier alpha value is -4.01. The largest absolute Gasteiger partial charge is 0.488 e. The highest BCUT2D eigenvalue weighted by molar-refractivity contribution is 7.99. The minimum absolute atomic E-state index is 0.00470. The van der Waals surface area contributed by atoms with Crippen LogP contribution in [-0.4, -0.2) is 45.1 Å². The van der Waals surface area contributed by atoms with Crippen molar-refractivity contribution < 1.29 is 45.0 Å². The second-order valence-corrected chi connectivity index (χ2v) is 16.4. The maximum atomic E-state index is 11.5. The van der Waals surface area contributed by atoms with Gasteiger partial charge in [-0.2, -0.15) is 16.8 Å². The predicted molar refractivity (Wildman–Crippen MR) is 192 cm³/mol. The molecule has 10 nitrogen and oxygen atoms in total. The summed E-state index contributed by atoms with van der Waals surface area (Å²) < 4.78 is 75.0. The van der Waals surface area contributed by atoms with Crippen molar-refractivity contribution in [3.63, 3.8) is 0 Å². The molecule has 0 spiro atoms. The van der Waals surface area contributed by atoms with Crippen molar-refractivity contribution in [3.8, 4) is 17.2 Å². The molecule has 0 aliphatic heterocycles. The summed E-state index contributed by atoms with van der Waals surface area (Å²) >= 11 is 1.61. The van der Waals surface area contributed by atoms with Crippen molar-refractivity contribution in [1.29, 1.82) is 0 Å². The van der Waals surface area contributed by atoms with Crippen molar-refractivity contribution in [2.75, 3.05) is 0 Å². The molecule has 0 radical (unpaired) electrons. The molecule has 0 unspecified atom stereocenters. The highest BCUT2D eigenvalue weighted by Gasteiger charge is 2.19. The third-order valence-electron chi connectivity index (χ3n) is 6.31. The van der Waals surface area contributed by atoms with Gasteiger partial charge in [-0.25, -0.2) is 0 Å². The summed E-state index contributed by atoms with van der Waals surface area (Å²) in [4.78, 5) is 18.0. The van der Waals surface area contributed by atoms with E-state index in [2.05, 4.69) is 0 Å². The van der Waals surface area contributed by atoms with Gasteiger partial charge in [0.25, 0.3) is 20.2 Å². The van der Waals surface area contributed by atoms with Crippen LogP contribution in [0.3, 0.4) is 0 Å². The number of aryl methyl sites for hydroxylation is 2. The van der Waals surface area contributed by atoms with Crippen molar-refractivity contribution in [1.82, 2.24) is 0 Å². The van der Waals surface area contributed by atoms with E-state index in [-0.39, 0.29) is 20.8 Å². The van der Waals surface area contributed by atoms with Gasteiger partial charge in [-0.05, 0) is 117 Å². The zero-order valence-electron chi connectivity index (χ0n) is 28.9. The summed E-state index contributed by atoms with van der Waals surface area (Å²) in [5, 5.41) is 0. The summed E-state index contributed by atoms with van der Waals surface area (Å²) in [6.07, 6.45) is 0. The lowest BCUT2D eigenvalue weighted by molar-refractivity contribution is -0.0987. The Balaban J connectivity index is 0.000000531. The summed E-state index contributed by atoms with van der Waals surface area (Å²) in [7, 11) is -8.41. The lowest BCUT2D eigenvalue weighted by atomic mass is 9.87. The number of ether oxygens (including phenoxy) is 2. The Kier molecular flexibility index (Phi) is 15.9. The molecule has 4 aromatic carbocycles. The standard InChI is InChI=1S/C23H24O5S2.C11H16O3S.2CH2O/c1-16-5-6-19(15-22(16)30(24,25)26)27-17-7-11-20(12-8-17)29-21-13-9-18(10-14-21)28-23(2,3)4;1-8-5-6-9(11(2,3)4)7-10(8)15(12,13)14;2*1-2/h5-15H,1-4H3,(H,24,25,26);5-7H,1-4H3,(H,12,13,14);2*1H2. The first-order chi connectivity index (χ1) is 22.6. The quantitative estimate of drug-likeness (QED) is 0.175. The zero-order valence-corrected chi connectivity index (χ0v) is 31.3. The van der Waals surface area contributed by atoms with Gasteiger partial charge in [-0.1, -0.05) is 50.7 Å². The van der Waals surface area contributed by atoms with Gasteiger partial charge in [0, 0.05) is 15.9 Å². The van der Waals surface area contributed by atoms with E-state index in [0.29, 0.717) is 22.6 Å². The minimum atomic E-state index is -4.30. The molecule has 0 aliphatic rings. The number of hydrogen-bond acceptors (Lipinski definition) is 9. The van der Waals surface area contributed by atoms with Gasteiger partial charge in [-0.3, -0.25) is 9.11 Å². The third kappa shape index (κ3) is 14.6. The van der Waals surface area contributed by atoms with Crippen LogP contribution >= 0.6 is 11.8 Å². The molecule has 0 saturated carbocycles. The molecule has 0 amide bonds. The van der Waals surface area contributed by atoms with Crippen LogP contribution in [0.5, 0.6) is 17.2 Å². The van der Waals surface area contributed by atoms with Crippen LogP contribution in [0.4, 0.5) is 0 Å². The van der Waals surface area contributed by atoms with E-state index in [4.69, 9.17) is 23.6 Å². The first-order valence-corrected chi connectivity index (χ1v) is 18.3. The van der Waals surface area contributed by atoms with Crippen molar-refractivity contribution in [3.05, 3.63) is 102 Å². The first-order valence-electron chi connectivity index (χ1n) is 14.6. The van der Waals surface area contributed by atoms with Gasteiger partial charge < -0.3 is 19.1 Å². The predicted octanol–water partition coefficient (Wildman–Crippen LogP) is 8.53. The van der Waals surface area contributed by atoms with E-state index >= 15 is 0 Å². The van der Waals surface area contributed by atoms with Gasteiger partial charge in [0.15, 0.2) is 0 Å². The average molecular weight is 733 g/mol. The van der Waals surface area contributed by atoms with Gasteiger partial charge in [0.1, 0.15) is 41.3 Å². The maximum absolute atomic E-state index is 11.5. The van der Waals surface area contributed by atoms with Crippen LogP contribution in [0, 0.1) is 13.8 Å². The van der Waals surface area contributed by atoms with E-state index in [0.717, 1.165) is 21.1 Å². The first kappa shape index (κ1) is 43.0. The van der Waals surface area contributed by atoms with E-state index in [1.165, 1.54) is 12.1 Å². The fraction of sp³-hybridized carbons (Fsp3) is 0.278. The van der Waals surface area contributed by atoms with Crippen LogP contribution in [0.2, 0.25) is 0 Å². The van der Waals surface area contributed by atoms with E-state index in [9.17, 15) is 21.4 Å². The molecule has 0 aromatic heterocycles. The van der Waals surface area contributed by atoms with Crippen LogP contribution in [0.1, 0.15) is 58.2 Å². The van der Waals surface area contributed by atoms with Crippen LogP contribution in [0.15, 0.2) is 105 Å². The molecule has 0 aliphatic carbocycles. The Morgan fingerprint density at radius 3 is 1.37 bits per heavy atom. The fourth-order valence-electron chi connectivity index (χ4n) is 4.04. The lowest BCUT2D eigenvalue weighted by Crippen LogP contribution is -2.22. The summed E-state index contributed by atoms with van der Waals surface area (Å²) in [5.74, 6) is 1.74. The summed E-state index contributed by atoms with van der Waals surface area (Å²) in [6.45, 7) is 19.3.